The maximum Gasteiger partial charge on any atom is 0.415 e. The zero-order chi connectivity index (χ0) is 21.5. The van der Waals surface area contributed by atoms with E-state index in [9.17, 15) is 9.59 Å². The molecule has 7 heteroatoms. The summed E-state index contributed by atoms with van der Waals surface area (Å²) in [5.74, 6) is 1.34. The van der Waals surface area contributed by atoms with Gasteiger partial charge in [0.05, 0.1) is 9.21 Å². The Bertz CT molecular complexity index is 834. The van der Waals surface area contributed by atoms with Crippen molar-refractivity contribution < 1.29 is 14.3 Å². The Kier molecular flexibility index (Phi) is 8.16. The highest BCUT2D eigenvalue weighted by Gasteiger charge is 2.31. The predicted octanol–water partition coefficient (Wildman–Crippen LogP) is 5.85. The molecule has 0 spiro atoms. The number of likely N-dealkylation sites (tertiary alicyclic amines) is 1. The van der Waals surface area contributed by atoms with Crippen LogP contribution in [-0.2, 0) is 0 Å². The number of nitrogens with one attached hydrogen (secondary N) is 1. The van der Waals surface area contributed by atoms with Crippen LogP contribution in [0.2, 0.25) is 4.34 Å². The minimum Gasteiger partial charge on any atom is -0.410 e. The molecule has 1 aliphatic heterocycles. The molecular formula is C23H29ClN2O3S. The molecule has 0 bridgehead atoms. The van der Waals surface area contributed by atoms with Gasteiger partial charge in [0.25, 0.3) is 5.91 Å². The van der Waals surface area contributed by atoms with Crippen molar-refractivity contribution in [3.05, 3.63) is 51.7 Å². The molecule has 1 aliphatic rings. The third-order valence-electron chi connectivity index (χ3n) is 5.78. The van der Waals surface area contributed by atoms with Crippen molar-refractivity contribution in [2.24, 2.45) is 11.8 Å². The van der Waals surface area contributed by atoms with Gasteiger partial charge < -0.3 is 15.0 Å². The number of amides is 2. The summed E-state index contributed by atoms with van der Waals surface area (Å²) in [6, 6.07) is 12.7. The summed E-state index contributed by atoms with van der Waals surface area (Å²) in [5, 5.41) is 3.24. The molecule has 5 nitrogen and oxygen atoms in total. The second kappa shape index (κ2) is 10.8. The molecule has 2 atom stereocenters. The summed E-state index contributed by atoms with van der Waals surface area (Å²) in [6.45, 7) is 5.65. The molecule has 1 saturated heterocycles. The van der Waals surface area contributed by atoms with Gasteiger partial charge in [0.2, 0.25) is 0 Å². The lowest BCUT2D eigenvalue weighted by Crippen LogP contribution is -2.47. The molecule has 0 saturated carbocycles. The molecule has 30 heavy (non-hydrogen) atoms. The lowest BCUT2D eigenvalue weighted by atomic mass is 9.84. The number of piperidine rings is 1. The van der Waals surface area contributed by atoms with Crippen molar-refractivity contribution in [1.29, 1.82) is 0 Å². The van der Waals surface area contributed by atoms with E-state index in [2.05, 4.69) is 19.2 Å². The molecule has 2 aromatic rings. The van der Waals surface area contributed by atoms with Gasteiger partial charge >= 0.3 is 6.09 Å². The minimum atomic E-state index is -0.310. The third-order valence-corrected chi connectivity index (χ3v) is 7.01. The summed E-state index contributed by atoms with van der Waals surface area (Å²) < 4.78 is 6.08. The lowest BCUT2D eigenvalue weighted by Gasteiger charge is -2.36. The fraction of sp³-hybridized carbons (Fsp3) is 0.478. The molecule has 1 unspecified atom stereocenters. The molecule has 0 radical (unpaired) electrons. The van der Waals surface area contributed by atoms with Gasteiger partial charge in [0, 0.05) is 19.1 Å². The normalized spacial score (nSPS) is 16.7. The zero-order valence-electron chi connectivity index (χ0n) is 17.5. The van der Waals surface area contributed by atoms with Gasteiger partial charge in [-0.15, -0.1) is 11.3 Å². The van der Waals surface area contributed by atoms with Gasteiger partial charge in [-0.2, -0.15) is 0 Å². The van der Waals surface area contributed by atoms with Crippen molar-refractivity contribution in [3.63, 3.8) is 0 Å². The highest BCUT2D eigenvalue weighted by Crippen LogP contribution is 2.28. The Morgan fingerprint density at radius 1 is 1.20 bits per heavy atom. The van der Waals surface area contributed by atoms with Crippen molar-refractivity contribution in [2.45, 2.75) is 45.6 Å². The monoisotopic (exact) mass is 448 g/mol. The fourth-order valence-electron chi connectivity index (χ4n) is 3.78. The van der Waals surface area contributed by atoms with Crippen molar-refractivity contribution in [2.75, 3.05) is 13.1 Å². The lowest BCUT2D eigenvalue weighted by molar-refractivity contribution is 0.0872. The summed E-state index contributed by atoms with van der Waals surface area (Å²) in [5.41, 5.74) is 0. The fourth-order valence-corrected chi connectivity index (χ4v) is 4.73. The van der Waals surface area contributed by atoms with Gasteiger partial charge in [-0.25, -0.2) is 4.79 Å². The largest absolute Gasteiger partial charge is 0.415 e. The standard InChI is InChI=1S/C23H29ClN2O3S/c1-3-16(2)15-19(25-22(27)20-9-10-21(24)30-20)17-11-13-26(14-12-17)23(28)29-18-7-5-4-6-8-18/h4-10,16-17,19H,3,11-15H2,1-2H3,(H,25,27)/t16?,19-/m0/s1. The molecule has 1 N–H and O–H groups in total. The average molecular weight is 449 g/mol. The van der Waals surface area contributed by atoms with Gasteiger partial charge in [0.1, 0.15) is 5.75 Å². The Labute approximate surface area is 187 Å². The molecule has 162 valence electrons. The van der Waals surface area contributed by atoms with Gasteiger partial charge in [-0.05, 0) is 55.4 Å². The quantitative estimate of drug-likeness (QED) is 0.578. The van der Waals surface area contributed by atoms with Crippen LogP contribution in [0, 0.1) is 11.8 Å². The summed E-state index contributed by atoms with van der Waals surface area (Å²) >= 11 is 7.29. The van der Waals surface area contributed by atoms with Crippen LogP contribution in [0.4, 0.5) is 4.79 Å². The summed E-state index contributed by atoms with van der Waals surface area (Å²) in [4.78, 5) is 27.6. The van der Waals surface area contributed by atoms with E-state index in [-0.39, 0.29) is 18.0 Å². The van der Waals surface area contributed by atoms with E-state index in [0.29, 0.717) is 39.9 Å². The van der Waals surface area contributed by atoms with E-state index in [0.717, 1.165) is 25.7 Å². The Balaban J connectivity index is 1.58. The third kappa shape index (κ3) is 6.22. The van der Waals surface area contributed by atoms with Crippen LogP contribution in [0.3, 0.4) is 0 Å². The van der Waals surface area contributed by atoms with Crippen LogP contribution in [0.25, 0.3) is 0 Å². The topological polar surface area (TPSA) is 58.6 Å². The number of halogens is 1. The minimum absolute atomic E-state index is 0.0638. The molecule has 2 amide bonds. The molecular weight excluding hydrogens is 420 g/mol. The van der Waals surface area contributed by atoms with Crippen LogP contribution in [0.15, 0.2) is 42.5 Å². The van der Waals surface area contributed by atoms with Crippen molar-refractivity contribution in [3.8, 4) is 5.75 Å². The van der Waals surface area contributed by atoms with E-state index in [4.69, 9.17) is 16.3 Å². The SMILES string of the molecule is CCC(C)C[C@H](NC(=O)c1ccc(Cl)s1)C1CCN(C(=O)Oc2ccccc2)CC1. The number of para-hydroxylation sites is 1. The molecule has 2 heterocycles. The summed E-state index contributed by atoms with van der Waals surface area (Å²) in [7, 11) is 0. The average Bonchev–Trinajstić information content (AvgIpc) is 3.20. The highest BCUT2D eigenvalue weighted by molar-refractivity contribution is 7.18. The van der Waals surface area contributed by atoms with Crippen LogP contribution < -0.4 is 10.1 Å². The molecule has 1 aromatic heterocycles. The number of carbonyl (C=O) groups is 2. The Morgan fingerprint density at radius 3 is 2.50 bits per heavy atom. The van der Waals surface area contributed by atoms with E-state index in [1.54, 1.807) is 29.2 Å². The number of thiophene rings is 1. The van der Waals surface area contributed by atoms with Crippen LogP contribution in [0.1, 0.15) is 49.2 Å². The maximum absolute atomic E-state index is 12.7. The van der Waals surface area contributed by atoms with Crippen LogP contribution in [0.5, 0.6) is 5.75 Å². The number of hydrogen-bond donors (Lipinski definition) is 1. The first kappa shape index (κ1) is 22.6. The number of nitrogens with zero attached hydrogens (tertiary/aromatic N) is 1. The Morgan fingerprint density at radius 2 is 1.90 bits per heavy atom. The van der Waals surface area contributed by atoms with Gasteiger partial charge in [-0.3, -0.25) is 4.79 Å². The number of rotatable bonds is 7. The first-order valence-electron chi connectivity index (χ1n) is 10.5. The number of ether oxygens (including phenoxy) is 1. The molecule has 3 rings (SSSR count). The molecule has 0 aliphatic carbocycles. The summed E-state index contributed by atoms with van der Waals surface area (Å²) in [6.07, 6.45) is 3.38. The van der Waals surface area contributed by atoms with Gasteiger partial charge in [-0.1, -0.05) is 50.1 Å². The number of benzene rings is 1. The maximum atomic E-state index is 12.7. The van der Waals surface area contributed by atoms with E-state index in [1.807, 2.05) is 18.2 Å². The van der Waals surface area contributed by atoms with Crippen LogP contribution in [-0.4, -0.2) is 36.0 Å². The second-order valence-electron chi connectivity index (χ2n) is 7.94. The first-order valence-corrected chi connectivity index (χ1v) is 11.7. The smallest absolute Gasteiger partial charge is 0.410 e. The highest BCUT2D eigenvalue weighted by atomic mass is 35.5. The van der Waals surface area contributed by atoms with E-state index < -0.39 is 0 Å². The Hall–Kier alpha value is -2.05. The predicted molar refractivity (Wildman–Crippen MR) is 121 cm³/mol. The second-order valence-corrected chi connectivity index (χ2v) is 9.65. The van der Waals surface area contributed by atoms with Crippen molar-refractivity contribution in [1.82, 2.24) is 10.2 Å². The van der Waals surface area contributed by atoms with E-state index >= 15 is 0 Å². The van der Waals surface area contributed by atoms with Gasteiger partial charge in [0.15, 0.2) is 0 Å². The number of hydrogen-bond acceptors (Lipinski definition) is 4. The molecule has 1 fully saturated rings. The van der Waals surface area contributed by atoms with Crippen LogP contribution >= 0.6 is 22.9 Å². The number of carbonyl (C=O) groups excluding carboxylic acids is 2. The van der Waals surface area contributed by atoms with Crippen molar-refractivity contribution >= 4 is 34.9 Å². The molecule has 1 aromatic carbocycles. The zero-order valence-corrected chi connectivity index (χ0v) is 19.0. The first-order chi connectivity index (χ1) is 14.5. The van der Waals surface area contributed by atoms with E-state index in [1.165, 1.54) is 11.3 Å².